The second kappa shape index (κ2) is 7.38. The third-order valence-electron chi connectivity index (χ3n) is 3.57. The number of hydrogen-bond donors (Lipinski definition) is 1. The Morgan fingerprint density at radius 3 is 2.57 bits per heavy atom. The van der Waals surface area contributed by atoms with Gasteiger partial charge in [-0.05, 0) is 32.1 Å². The van der Waals surface area contributed by atoms with Crippen LogP contribution in [0.3, 0.4) is 0 Å². The van der Waals surface area contributed by atoms with E-state index in [-0.39, 0.29) is 0 Å². The number of nitrogens with one attached hydrogen (secondary N) is 1. The molecule has 0 aliphatic heterocycles. The molecule has 0 aliphatic carbocycles. The van der Waals surface area contributed by atoms with Gasteiger partial charge >= 0.3 is 0 Å². The minimum absolute atomic E-state index is 0.815. The number of hydrogen-bond acceptors (Lipinski definition) is 4. The zero-order valence-electron chi connectivity index (χ0n) is 13.6. The zero-order chi connectivity index (χ0) is 15.2. The molecular formula is C17H26N4. The quantitative estimate of drug-likeness (QED) is 0.846. The van der Waals surface area contributed by atoms with Gasteiger partial charge in [-0.1, -0.05) is 31.2 Å². The van der Waals surface area contributed by atoms with Crippen molar-refractivity contribution in [1.82, 2.24) is 15.2 Å². The number of nitrogens with zero attached hydrogens (tertiary/aromatic N) is 3. The first-order valence-corrected chi connectivity index (χ1v) is 7.57. The average molecular weight is 286 g/mol. The van der Waals surface area contributed by atoms with E-state index in [2.05, 4.69) is 73.5 Å². The SMILES string of the molecule is CCNCc1cc2ccccc2c(N(C)CCN(C)C)n1. The summed E-state index contributed by atoms with van der Waals surface area (Å²) in [6, 6.07) is 10.7. The van der Waals surface area contributed by atoms with Gasteiger partial charge in [-0.3, -0.25) is 0 Å². The molecule has 0 spiro atoms. The molecule has 1 aromatic carbocycles. The van der Waals surface area contributed by atoms with E-state index in [0.29, 0.717) is 0 Å². The molecule has 21 heavy (non-hydrogen) atoms. The molecule has 1 aromatic heterocycles. The largest absolute Gasteiger partial charge is 0.358 e. The standard InChI is InChI=1S/C17H26N4/c1-5-18-13-15-12-14-8-6-7-9-16(14)17(19-15)21(4)11-10-20(2)3/h6-9,12,18H,5,10-11,13H2,1-4H3. The minimum Gasteiger partial charge on any atom is -0.358 e. The van der Waals surface area contributed by atoms with Crippen LogP contribution in [0.1, 0.15) is 12.6 Å². The Morgan fingerprint density at radius 1 is 1.10 bits per heavy atom. The highest BCUT2D eigenvalue weighted by atomic mass is 15.2. The molecule has 0 saturated carbocycles. The van der Waals surface area contributed by atoms with Gasteiger partial charge in [0.05, 0.1) is 5.69 Å². The maximum atomic E-state index is 4.86. The van der Waals surface area contributed by atoms with Crippen molar-refractivity contribution in [3.05, 3.63) is 36.0 Å². The van der Waals surface area contributed by atoms with Crippen molar-refractivity contribution in [2.75, 3.05) is 45.7 Å². The lowest BCUT2D eigenvalue weighted by Gasteiger charge is -2.23. The monoisotopic (exact) mass is 286 g/mol. The maximum Gasteiger partial charge on any atom is 0.136 e. The summed E-state index contributed by atoms with van der Waals surface area (Å²) >= 11 is 0. The lowest BCUT2D eigenvalue weighted by Crippen LogP contribution is -2.29. The normalized spacial score (nSPS) is 11.3. The smallest absolute Gasteiger partial charge is 0.136 e. The van der Waals surface area contributed by atoms with Crippen LogP contribution < -0.4 is 10.2 Å². The topological polar surface area (TPSA) is 31.4 Å². The number of anilines is 1. The number of likely N-dealkylation sites (N-methyl/N-ethyl adjacent to an activating group) is 2. The molecule has 0 atom stereocenters. The minimum atomic E-state index is 0.815. The fraction of sp³-hybridized carbons (Fsp3) is 0.471. The van der Waals surface area contributed by atoms with Crippen molar-refractivity contribution >= 4 is 16.6 Å². The van der Waals surface area contributed by atoms with E-state index in [9.17, 15) is 0 Å². The third kappa shape index (κ3) is 4.16. The van der Waals surface area contributed by atoms with Crippen LogP contribution in [-0.4, -0.2) is 50.7 Å². The molecule has 0 bridgehead atoms. The predicted molar refractivity (Wildman–Crippen MR) is 90.9 cm³/mol. The molecule has 4 nitrogen and oxygen atoms in total. The molecule has 0 saturated heterocycles. The molecule has 4 heteroatoms. The summed E-state index contributed by atoms with van der Waals surface area (Å²) in [7, 11) is 6.32. The number of pyridine rings is 1. The van der Waals surface area contributed by atoms with Gasteiger partial charge in [-0.25, -0.2) is 4.98 Å². The molecule has 114 valence electrons. The summed E-state index contributed by atoms with van der Waals surface area (Å²) in [5.74, 6) is 1.07. The van der Waals surface area contributed by atoms with Crippen LogP contribution in [0.15, 0.2) is 30.3 Å². The Hall–Kier alpha value is -1.65. The number of rotatable bonds is 7. The molecule has 0 amide bonds. The van der Waals surface area contributed by atoms with Gasteiger partial charge in [0.15, 0.2) is 0 Å². The molecule has 2 rings (SSSR count). The van der Waals surface area contributed by atoms with E-state index in [0.717, 1.165) is 37.7 Å². The van der Waals surface area contributed by atoms with Gasteiger partial charge in [0.25, 0.3) is 0 Å². The van der Waals surface area contributed by atoms with Gasteiger partial charge in [0.2, 0.25) is 0 Å². The van der Waals surface area contributed by atoms with E-state index < -0.39 is 0 Å². The summed E-state index contributed by atoms with van der Waals surface area (Å²) in [5, 5.41) is 5.83. The lowest BCUT2D eigenvalue weighted by molar-refractivity contribution is 0.416. The molecular weight excluding hydrogens is 260 g/mol. The molecule has 1 heterocycles. The van der Waals surface area contributed by atoms with Gasteiger partial charge in [-0.2, -0.15) is 0 Å². The summed E-state index contributed by atoms with van der Waals surface area (Å²) in [5.41, 5.74) is 1.10. The van der Waals surface area contributed by atoms with E-state index in [4.69, 9.17) is 4.98 Å². The van der Waals surface area contributed by atoms with Crippen LogP contribution in [0.2, 0.25) is 0 Å². The fourth-order valence-corrected chi connectivity index (χ4v) is 2.33. The number of fused-ring (bicyclic) bond motifs is 1. The van der Waals surface area contributed by atoms with Crippen molar-refractivity contribution in [1.29, 1.82) is 0 Å². The first-order valence-electron chi connectivity index (χ1n) is 7.57. The highest BCUT2D eigenvalue weighted by molar-refractivity contribution is 5.92. The second-order valence-corrected chi connectivity index (χ2v) is 5.66. The Labute approximate surface area is 127 Å². The van der Waals surface area contributed by atoms with Crippen LogP contribution in [0.5, 0.6) is 0 Å². The Morgan fingerprint density at radius 2 is 1.86 bits per heavy atom. The van der Waals surface area contributed by atoms with Crippen molar-refractivity contribution in [2.24, 2.45) is 0 Å². The van der Waals surface area contributed by atoms with Gasteiger partial charge < -0.3 is 15.1 Å². The van der Waals surface area contributed by atoms with E-state index in [1.165, 1.54) is 10.8 Å². The molecule has 1 N–H and O–H groups in total. The summed E-state index contributed by atoms with van der Waals surface area (Å²) in [6.45, 7) is 5.87. The molecule has 2 aromatic rings. The van der Waals surface area contributed by atoms with Gasteiger partial charge in [0, 0.05) is 32.1 Å². The van der Waals surface area contributed by atoms with Crippen LogP contribution >= 0.6 is 0 Å². The highest BCUT2D eigenvalue weighted by Crippen LogP contribution is 2.25. The average Bonchev–Trinajstić information content (AvgIpc) is 2.49. The Kier molecular flexibility index (Phi) is 5.53. The Balaban J connectivity index is 2.34. The first-order chi connectivity index (χ1) is 10.1. The van der Waals surface area contributed by atoms with Gasteiger partial charge in [-0.15, -0.1) is 0 Å². The van der Waals surface area contributed by atoms with Crippen molar-refractivity contribution in [3.63, 3.8) is 0 Å². The molecule has 0 aliphatic rings. The van der Waals surface area contributed by atoms with Crippen LogP contribution in [0.25, 0.3) is 10.8 Å². The van der Waals surface area contributed by atoms with Gasteiger partial charge in [0.1, 0.15) is 5.82 Å². The number of aromatic nitrogens is 1. The van der Waals surface area contributed by atoms with E-state index >= 15 is 0 Å². The lowest BCUT2D eigenvalue weighted by atomic mass is 10.1. The highest BCUT2D eigenvalue weighted by Gasteiger charge is 2.10. The van der Waals surface area contributed by atoms with Crippen molar-refractivity contribution in [2.45, 2.75) is 13.5 Å². The van der Waals surface area contributed by atoms with Crippen molar-refractivity contribution < 1.29 is 0 Å². The molecule has 0 radical (unpaired) electrons. The second-order valence-electron chi connectivity index (χ2n) is 5.66. The van der Waals surface area contributed by atoms with E-state index in [1.54, 1.807) is 0 Å². The maximum absolute atomic E-state index is 4.86. The predicted octanol–water partition coefficient (Wildman–Crippen LogP) is 2.34. The summed E-state index contributed by atoms with van der Waals surface area (Å²) < 4.78 is 0. The van der Waals surface area contributed by atoms with Crippen LogP contribution in [0, 0.1) is 0 Å². The first kappa shape index (κ1) is 15.7. The zero-order valence-corrected chi connectivity index (χ0v) is 13.6. The third-order valence-corrected chi connectivity index (χ3v) is 3.57. The fourth-order valence-electron chi connectivity index (χ4n) is 2.33. The van der Waals surface area contributed by atoms with E-state index in [1.807, 2.05) is 0 Å². The Bertz CT molecular complexity index is 580. The summed E-state index contributed by atoms with van der Waals surface area (Å²) in [4.78, 5) is 9.30. The van der Waals surface area contributed by atoms with Crippen molar-refractivity contribution in [3.8, 4) is 0 Å². The summed E-state index contributed by atoms with van der Waals surface area (Å²) in [6.07, 6.45) is 0. The van der Waals surface area contributed by atoms with Crippen LogP contribution in [-0.2, 0) is 6.54 Å². The molecule has 0 unspecified atom stereocenters. The number of benzene rings is 1. The van der Waals surface area contributed by atoms with Crippen LogP contribution in [0.4, 0.5) is 5.82 Å². The molecule has 0 fully saturated rings.